The molecule has 1 aliphatic rings. The summed E-state index contributed by atoms with van der Waals surface area (Å²) >= 11 is 0. The Morgan fingerprint density at radius 2 is 2.33 bits per heavy atom. The molecule has 0 aliphatic carbocycles. The molecule has 5 nitrogen and oxygen atoms in total. The van der Waals surface area contributed by atoms with Crippen molar-refractivity contribution in [3.8, 4) is 0 Å². The van der Waals surface area contributed by atoms with Crippen molar-refractivity contribution in [3.63, 3.8) is 0 Å². The van der Waals surface area contributed by atoms with Crippen LogP contribution < -0.4 is 5.32 Å². The van der Waals surface area contributed by atoms with Crippen LogP contribution in [0.5, 0.6) is 0 Å². The fourth-order valence-electron chi connectivity index (χ4n) is 1.96. The van der Waals surface area contributed by atoms with Crippen LogP contribution in [-0.2, 0) is 6.42 Å². The van der Waals surface area contributed by atoms with Gasteiger partial charge in [0.15, 0.2) is 0 Å². The van der Waals surface area contributed by atoms with E-state index in [4.69, 9.17) is 0 Å². The van der Waals surface area contributed by atoms with Crippen LogP contribution in [0.15, 0.2) is 24.3 Å². The van der Waals surface area contributed by atoms with Crippen LogP contribution in [0.3, 0.4) is 0 Å². The van der Waals surface area contributed by atoms with Crippen LogP contribution in [0.25, 0.3) is 0 Å². The Balaban J connectivity index is 2.06. The van der Waals surface area contributed by atoms with Crippen LogP contribution in [-0.4, -0.2) is 26.8 Å². The first-order valence-corrected chi connectivity index (χ1v) is 4.92. The monoisotopic (exact) mass is 200 g/mol. The number of tetrazole rings is 1. The lowest BCUT2D eigenvalue weighted by atomic mass is 9.99. The van der Waals surface area contributed by atoms with E-state index in [-0.39, 0.29) is 6.17 Å². The van der Waals surface area contributed by atoms with E-state index in [9.17, 15) is 0 Å². The highest BCUT2D eigenvalue weighted by molar-refractivity contribution is 5.32. The Hall–Kier alpha value is -1.75. The molecule has 1 aliphatic heterocycles. The largest absolute Gasteiger partial charge is 0.291 e. The molecule has 0 fully saturated rings. The van der Waals surface area contributed by atoms with Gasteiger partial charge < -0.3 is 0 Å². The zero-order chi connectivity index (χ0) is 10.1. The standard InChI is InChI=1S/C10H10N5/c1-2-4-9-8(3-1)5-6-11-10(9)15-7-12-13-14-15/h1-4,10-11H,5-6H2. The number of nitrogens with zero attached hydrogens (tertiary/aromatic N) is 4. The topological polar surface area (TPSA) is 55.6 Å². The van der Waals surface area contributed by atoms with Gasteiger partial charge >= 0.3 is 0 Å². The molecular weight excluding hydrogens is 190 g/mol. The maximum absolute atomic E-state index is 3.88. The third kappa shape index (κ3) is 1.41. The summed E-state index contributed by atoms with van der Waals surface area (Å²) in [5, 5.41) is 14.4. The molecule has 0 spiro atoms. The normalized spacial score (nSPS) is 19.9. The minimum atomic E-state index is 0.0185. The number of rotatable bonds is 1. The molecule has 5 heteroatoms. The smallest absolute Gasteiger partial charge is 0.223 e. The van der Waals surface area contributed by atoms with Crippen LogP contribution in [0.4, 0.5) is 0 Å². The number of fused-ring (bicyclic) bond motifs is 1. The molecule has 0 bridgehead atoms. The highest BCUT2D eigenvalue weighted by Crippen LogP contribution is 2.22. The Labute approximate surface area is 87.1 Å². The molecule has 0 saturated heterocycles. The van der Waals surface area contributed by atoms with Gasteiger partial charge in [-0.2, -0.15) is 0 Å². The van der Waals surface area contributed by atoms with Gasteiger partial charge in [-0.05, 0) is 28.0 Å². The quantitative estimate of drug-likeness (QED) is 0.712. The van der Waals surface area contributed by atoms with Crippen LogP contribution >= 0.6 is 0 Å². The van der Waals surface area contributed by atoms with Gasteiger partial charge in [0, 0.05) is 6.54 Å². The van der Waals surface area contributed by atoms with Crippen molar-refractivity contribution in [1.29, 1.82) is 0 Å². The molecule has 1 N–H and O–H groups in total. The third-order valence-electron chi connectivity index (χ3n) is 2.65. The molecule has 1 aromatic heterocycles. The highest BCUT2D eigenvalue weighted by atomic mass is 15.6. The van der Waals surface area contributed by atoms with Gasteiger partial charge in [-0.25, -0.2) is 4.68 Å². The van der Waals surface area contributed by atoms with Gasteiger partial charge in [-0.15, -0.1) is 5.10 Å². The van der Waals surface area contributed by atoms with Gasteiger partial charge in [0.1, 0.15) is 6.17 Å². The van der Waals surface area contributed by atoms with Crippen molar-refractivity contribution in [2.45, 2.75) is 12.6 Å². The van der Waals surface area contributed by atoms with Gasteiger partial charge in [0.05, 0.1) is 0 Å². The zero-order valence-corrected chi connectivity index (χ0v) is 8.09. The van der Waals surface area contributed by atoms with Crippen molar-refractivity contribution in [3.05, 3.63) is 41.7 Å². The van der Waals surface area contributed by atoms with E-state index in [1.165, 1.54) is 11.1 Å². The second kappa shape index (κ2) is 3.43. The number of benzene rings is 1. The molecule has 75 valence electrons. The first-order valence-electron chi connectivity index (χ1n) is 4.92. The van der Waals surface area contributed by atoms with E-state index in [1.54, 1.807) is 4.68 Å². The van der Waals surface area contributed by atoms with Gasteiger partial charge in [-0.3, -0.25) is 5.32 Å². The highest BCUT2D eigenvalue weighted by Gasteiger charge is 2.21. The lowest BCUT2D eigenvalue weighted by Crippen LogP contribution is -2.34. The summed E-state index contributed by atoms with van der Waals surface area (Å²) < 4.78 is 1.62. The Kier molecular flexibility index (Phi) is 1.96. The van der Waals surface area contributed by atoms with Gasteiger partial charge in [0.25, 0.3) is 0 Å². The fraction of sp³-hybridized carbons (Fsp3) is 0.300. The van der Waals surface area contributed by atoms with Crippen molar-refractivity contribution >= 4 is 0 Å². The van der Waals surface area contributed by atoms with Gasteiger partial charge in [0.2, 0.25) is 6.33 Å². The second-order valence-electron chi connectivity index (χ2n) is 3.53. The molecule has 15 heavy (non-hydrogen) atoms. The zero-order valence-electron chi connectivity index (χ0n) is 8.09. The molecule has 1 radical (unpaired) electrons. The Morgan fingerprint density at radius 3 is 3.20 bits per heavy atom. The summed E-state index contributed by atoms with van der Waals surface area (Å²) in [6, 6.07) is 8.34. The fourth-order valence-corrected chi connectivity index (χ4v) is 1.96. The van der Waals surface area contributed by atoms with E-state index in [0.29, 0.717) is 0 Å². The molecule has 3 rings (SSSR count). The predicted octanol–water partition coefficient (Wildman–Crippen LogP) is 0.166. The lowest BCUT2D eigenvalue weighted by Gasteiger charge is -2.25. The van der Waals surface area contributed by atoms with E-state index in [1.807, 2.05) is 6.07 Å². The number of aromatic nitrogens is 4. The average molecular weight is 200 g/mol. The predicted molar refractivity (Wildman–Crippen MR) is 52.9 cm³/mol. The minimum absolute atomic E-state index is 0.0185. The maximum Gasteiger partial charge on any atom is 0.223 e. The van der Waals surface area contributed by atoms with Crippen LogP contribution in [0.1, 0.15) is 17.3 Å². The summed E-state index contributed by atoms with van der Waals surface area (Å²) in [7, 11) is 0. The third-order valence-corrected chi connectivity index (χ3v) is 2.65. The Morgan fingerprint density at radius 1 is 1.40 bits per heavy atom. The second-order valence-corrected chi connectivity index (χ2v) is 3.53. The van der Waals surface area contributed by atoms with E-state index in [2.05, 4.69) is 45.4 Å². The molecular formula is C10H10N5. The molecule has 1 unspecified atom stereocenters. The molecule has 0 amide bonds. The Bertz CT molecular complexity index is 451. The van der Waals surface area contributed by atoms with E-state index in [0.717, 1.165) is 13.0 Å². The van der Waals surface area contributed by atoms with Crippen molar-refractivity contribution in [2.24, 2.45) is 0 Å². The molecule has 1 aromatic carbocycles. The lowest BCUT2D eigenvalue weighted by molar-refractivity contribution is 0.400. The molecule has 2 aromatic rings. The first kappa shape index (κ1) is 8.55. The molecule has 1 atom stereocenters. The van der Waals surface area contributed by atoms with Crippen LogP contribution in [0, 0.1) is 6.33 Å². The first-order chi connectivity index (χ1) is 7.45. The average Bonchev–Trinajstić information content (AvgIpc) is 2.82. The van der Waals surface area contributed by atoms with E-state index >= 15 is 0 Å². The van der Waals surface area contributed by atoms with Crippen molar-refractivity contribution in [2.75, 3.05) is 6.54 Å². The SMILES string of the molecule is [c]1nnnn1C1NCCc2ccccc21. The van der Waals surface area contributed by atoms with E-state index < -0.39 is 0 Å². The molecule has 2 heterocycles. The minimum Gasteiger partial charge on any atom is -0.291 e. The summed E-state index contributed by atoms with van der Waals surface area (Å²) in [5.74, 6) is 0. The van der Waals surface area contributed by atoms with Gasteiger partial charge in [-0.1, -0.05) is 24.3 Å². The summed E-state index contributed by atoms with van der Waals surface area (Å²) in [4.78, 5) is 0. The number of hydrogen-bond donors (Lipinski definition) is 1. The van der Waals surface area contributed by atoms with Crippen molar-refractivity contribution in [1.82, 2.24) is 25.5 Å². The summed E-state index contributed by atoms with van der Waals surface area (Å²) in [5.41, 5.74) is 2.58. The van der Waals surface area contributed by atoms with Crippen molar-refractivity contribution < 1.29 is 0 Å². The number of hydrogen-bond acceptors (Lipinski definition) is 4. The maximum atomic E-state index is 3.88. The summed E-state index contributed by atoms with van der Waals surface area (Å²) in [6.07, 6.45) is 3.80. The molecule has 0 saturated carbocycles. The summed E-state index contributed by atoms with van der Waals surface area (Å²) in [6.45, 7) is 0.940. The van der Waals surface area contributed by atoms with Crippen LogP contribution in [0.2, 0.25) is 0 Å². The number of nitrogens with one attached hydrogen (secondary N) is 1.